The predicted molar refractivity (Wildman–Crippen MR) is 88.8 cm³/mol. The minimum absolute atomic E-state index is 0.00679. The molecule has 2 aromatic carbocycles. The minimum Gasteiger partial charge on any atom is -0.481 e. The summed E-state index contributed by atoms with van der Waals surface area (Å²) < 4.78 is 1.69. The van der Waals surface area contributed by atoms with E-state index in [2.05, 4.69) is 10.3 Å². The van der Waals surface area contributed by atoms with E-state index < -0.39 is 5.97 Å². The standard InChI is InChI=1S/C17H16ClN3O2/c1-10-7-11(3-5-14(10)18)13(9-17(22)23)12-4-6-16-15(8-12)19-20-21(16)2/h3-8,13H,9H2,1-2H3,(H,22,23)/t13-/m0/s1. The van der Waals surface area contributed by atoms with Gasteiger partial charge in [-0.25, -0.2) is 4.68 Å². The number of aromatic nitrogens is 3. The summed E-state index contributed by atoms with van der Waals surface area (Å²) in [5.41, 5.74) is 4.43. The van der Waals surface area contributed by atoms with Crippen LogP contribution in [-0.2, 0) is 11.8 Å². The fraction of sp³-hybridized carbons (Fsp3) is 0.235. The van der Waals surface area contributed by atoms with E-state index in [4.69, 9.17) is 11.6 Å². The highest BCUT2D eigenvalue weighted by Crippen LogP contribution is 2.31. The molecular formula is C17H16ClN3O2. The molecule has 0 aliphatic heterocycles. The SMILES string of the molecule is Cc1cc([C@H](CC(=O)O)c2ccc3c(c2)nnn3C)ccc1Cl. The lowest BCUT2D eigenvalue weighted by Crippen LogP contribution is -2.08. The summed E-state index contributed by atoms with van der Waals surface area (Å²) in [6.07, 6.45) is 0.00679. The Kier molecular flexibility index (Phi) is 4.05. The smallest absolute Gasteiger partial charge is 0.304 e. The molecule has 3 aromatic rings. The van der Waals surface area contributed by atoms with Crippen LogP contribution in [0, 0.1) is 6.92 Å². The number of halogens is 1. The van der Waals surface area contributed by atoms with Gasteiger partial charge in [0.15, 0.2) is 0 Å². The van der Waals surface area contributed by atoms with Gasteiger partial charge in [0.2, 0.25) is 0 Å². The summed E-state index contributed by atoms with van der Waals surface area (Å²) in [6.45, 7) is 1.91. The van der Waals surface area contributed by atoms with Gasteiger partial charge in [0.05, 0.1) is 11.9 Å². The minimum atomic E-state index is -0.846. The maximum Gasteiger partial charge on any atom is 0.304 e. The van der Waals surface area contributed by atoms with Crippen molar-refractivity contribution < 1.29 is 9.90 Å². The summed E-state index contributed by atoms with van der Waals surface area (Å²) >= 11 is 6.08. The number of hydrogen-bond acceptors (Lipinski definition) is 3. The summed E-state index contributed by atoms with van der Waals surface area (Å²) in [4.78, 5) is 11.3. The summed E-state index contributed by atoms with van der Waals surface area (Å²) in [5, 5.41) is 18.1. The van der Waals surface area contributed by atoms with Crippen LogP contribution in [0.2, 0.25) is 5.02 Å². The molecule has 0 fully saturated rings. The maximum absolute atomic E-state index is 11.3. The van der Waals surface area contributed by atoms with Gasteiger partial charge in [0, 0.05) is 18.0 Å². The van der Waals surface area contributed by atoms with Gasteiger partial charge in [-0.3, -0.25) is 4.79 Å². The quantitative estimate of drug-likeness (QED) is 0.795. The van der Waals surface area contributed by atoms with E-state index >= 15 is 0 Å². The number of aryl methyl sites for hydroxylation is 2. The molecule has 0 spiro atoms. The molecule has 6 heteroatoms. The molecule has 0 amide bonds. The summed E-state index contributed by atoms with van der Waals surface area (Å²) in [6, 6.07) is 11.4. The van der Waals surface area contributed by atoms with E-state index in [1.54, 1.807) is 4.68 Å². The number of carboxylic acid groups (broad SMARTS) is 1. The van der Waals surface area contributed by atoms with Gasteiger partial charge in [0.25, 0.3) is 0 Å². The maximum atomic E-state index is 11.3. The molecule has 23 heavy (non-hydrogen) atoms. The molecule has 5 nitrogen and oxygen atoms in total. The van der Waals surface area contributed by atoms with Crippen LogP contribution in [0.3, 0.4) is 0 Å². The summed E-state index contributed by atoms with van der Waals surface area (Å²) in [7, 11) is 1.83. The van der Waals surface area contributed by atoms with Crippen molar-refractivity contribution in [3.8, 4) is 0 Å². The lowest BCUT2D eigenvalue weighted by atomic mass is 9.87. The number of fused-ring (bicyclic) bond motifs is 1. The van der Waals surface area contributed by atoms with Crippen LogP contribution in [0.15, 0.2) is 36.4 Å². The number of nitrogens with zero attached hydrogens (tertiary/aromatic N) is 3. The Bertz CT molecular complexity index is 889. The molecule has 118 valence electrons. The molecule has 1 heterocycles. The Balaban J connectivity index is 2.09. The molecule has 0 radical (unpaired) electrons. The highest BCUT2D eigenvalue weighted by Gasteiger charge is 2.19. The van der Waals surface area contributed by atoms with Crippen LogP contribution in [-0.4, -0.2) is 26.1 Å². The Morgan fingerprint density at radius 2 is 1.96 bits per heavy atom. The zero-order valence-electron chi connectivity index (χ0n) is 12.8. The van der Waals surface area contributed by atoms with Crippen LogP contribution in [0.1, 0.15) is 29.0 Å². The normalized spacial score (nSPS) is 12.5. The largest absolute Gasteiger partial charge is 0.481 e. The van der Waals surface area contributed by atoms with Crippen molar-refractivity contribution in [1.82, 2.24) is 15.0 Å². The third-order valence-electron chi connectivity index (χ3n) is 4.00. The lowest BCUT2D eigenvalue weighted by molar-refractivity contribution is -0.137. The van der Waals surface area contributed by atoms with E-state index in [1.807, 2.05) is 50.4 Å². The van der Waals surface area contributed by atoms with Gasteiger partial charge in [0.1, 0.15) is 5.52 Å². The van der Waals surface area contributed by atoms with Crippen molar-refractivity contribution in [3.05, 3.63) is 58.1 Å². The molecule has 1 aromatic heterocycles. The number of hydrogen-bond donors (Lipinski definition) is 1. The highest BCUT2D eigenvalue weighted by molar-refractivity contribution is 6.31. The number of carboxylic acids is 1. The second kappa shape index (κ2) is 6.01. The van der Waals surface area contributed by atoms with Crippen LogP contribution >= 0.6 is 11.6 Å². The predicted octanol–water partition coefficient (Wildman–Crippen LogP) is 3.54. The van der Waals surface area contributed by atoms with Gasteiger partial charge < -0.3 is 5.11 Å². The van der Waals surface area contributed by atoms with Gasteiger partial charge in [-0.2, -0.15) is 0 Å². The first-order chi connectivity index (χ1) is 11.0. The second-order valence-electron chi connectivity index (χ2n) is 5.62. The molecule has 0 unspecified atom stereocenters. The Morgan fingerprint density at radius 3 is 2.65 bits per heavy atom. The van der Waals surface area contributed by atoms with Crippen molar-refractivity contribution >= 4 is 28.6 Å². The zero-order valence-corrected chi connectivity index (χ0v) is 13.6. The third-order valence-corrected chi connectivity index (χ3v) is 4.42. The van der Waals surface area contributed by atoms with Crippen LogP contribution in [0.4, 0.5) is 0 Å². The van der Waals surface area contributed by atoms with Gasteiger partial charge in [-0.15, -0.1) is 5.10 Å². The first kappa shape index (κ1) is 15.5. The van der Waals surface area contributed by atoms with E-state index in [9.17, 15) is 9.90 Å². The van der Waals surface area contributed by atoms with Crippen molar-refractivity contribution in [2.24, 2.45) is 7.05 Å². The van der Waals surface area contributed by atoms with Crippen molar-refractivity contribution in [2.75, 3.05) is 0 Å². The van der Waals surface area contributed by atoms with Crippen molar-refractivity contribution in [1.29, 1.82) is 0 Å². The topological polar surface area (TPSA) is 68.0 Å². The fourth-order valence-electron chi connectivity index (χ4n) is 2.76. The number of aliphatic carboxylic acids is 1. The van der Waals surface area contributed by atoms with E-state index in [-0.39, 0.29) is 12.3 Å². The van der Waals surface area contributed by atoms with Crippen LogP contribution in [0.5, 0.6) is 0 Å². The van der Waals surface area contributed by atoms with Crippen molar-refractivity contribution in [3.63, 3.8) is 0 Å². The van der Waals surface area contributed by atoms with Gasteiger partial charge in [-0.05, 0) is 41.8 Å². The molecule has 1 atom stereocenters. The molecular weight excluding hydrogens is 314 g/mol. The van der Waals surface area contributed by atoms with E-state index in [0.29, 0.717) is 5.02 Å². The van der Waals surface area contributed by atoms with Crippen molar-refractivity contribution in [2.45, 2.75) is 19.3 Å². The van der Waals surface area contributed by atoms with Gasteiger partial charge in [-0.1, -0.05) is 35.0 Å². The van der Waals surface area contributed by atoms with E-state index in [0.717, 1.165) is 27.7 Å². The highest BCUT2D eigenvalue weighted by atomic mass is 35.5. The first-order valence-corrected chi connectivity index (χ1v) is 7.60. The fourth-order valence-corrected chi connectivity index (χ4v) is 2.88. The molecule has 3 rings (SSSR count). The number of carbonyl (C=O) groups is 1. The molecule has 0 bridgehead atoms. The van der Waals surface area contributed by atoms with Gasteiger partial charge >= 0.3 is 5.97 Å². The number of benzene rings is 2. The van der Waals surface area contributed by atoms with Crippen LogP contribution in [0.25, 0.3) is 11.0 Å². The average Bonchev–Trinajstić information content (AvgIpc) is 2.88. The Labute approximate surface area is 138 Å². The second-order valence-corrected chi connectivity index (χ2v) is 6.03. The Morgan fingerprint density at radius 1 is 1.26 bits per heavy atom. The lowest BCUT2D eigenvalue weighted by Gasteiger charge is -2.17. The average molecular weight is 330 g/mol. The number of rotatable bonds is 4. The monoisotopic (exact) mass is 329 g/mol. The molecule has 0 aliphatic carbocycles. The third kappa shape index (κ3) is 3.05. The molecule has 0 aliphatic rings. The molecule has 0 saturated heterocycles. The van der Waals surface area contributed by atoms with Crippen LogP contribution < -0.4 is 0 Å². The zero-order chi connectivity index (χ0) is 16.6. The van der Waals surface area contributed by atoms with E-state index in [1.165, 1.54) is 0 Å². The molecule has 1 N–H and O–H groups in total. The summed E-state index contributed by atoms with van der Waals surface area (Å²) in [5.74, 6) is -1.10. The first-order valence-electron chi connectivity index (χ1n) is 7.23. The molecule has 0 saturated carbocycles. The Hall–Kier alpha value is -2.40.